The van der Waals surface area contributed by atoms with Crippen LogP contribution in [-0.2, 0) is 6.54 Å². The standard InChI is InChI=1S/C19H22Cl2N2O/c1-3-22(4-2)11-15(24)12-23-18-7-5-13(20)9-16(18)17-10-14(21)6-8-19(17)23/h5-10,15,24H,3-4,11-12H2,1-2H3/p+1/t15-/m1/s1. The zero-order valence-electron chi connectivity index (χ0n) is 14.0. The monoisotopic (exact) mass is 365 g/mol. The third-order valence-corrected chi connectivity index (χ3v) is 5.18. The highest BCUT2D eigenvalue weighted by molar-refractivity contribution is 6.33. The molecule has 2 N–H and O–H groups in total. The fourth-order valence-electron chi connectivity index (χ4n) is 3.39. The summed E-state index contributed by atoms with van der Waals surface area (Å²) in [4.78, 5) is 1.40. The summed E-state index contributed by atoms with van der Waals surface area (Å²) in [6, 6.07) is 11.7. The second-order valence-corrected chi connectivity index (χ2v) is 7.12. The number of hydrogen-bond acceptors (Lipinski definition) is 1. The number of rotatable bonds is 6. The lowest BCUT2D eigenvalue weighted by Crippen LogP contribution is -3.12. The van der Waals surface area contributed by atoms with E-state index >= 15 is 0 Å². The molecule has 1 atom stereocenters. The van der Waals surface area contributed by atoms with Gasteiger partial charge in [0.05, 0.1) is 19.6 Å². The van der Waals surface area contributed by atoms with Crippen LogP contribution in [0.2, 0.25) is 10.0 Å². The molecule has 0 radical (unpaired) electrons. The van der Waals surface area contributed by atoms with Crippen LogP contribution in [0.4, 0.5) is 0 Å². The number of likely N-dealkylation sites (N-methyl/N-ethyl adjacent to an activating group) is 1. The molecule has 0 bridgehead atoms. The van der Waals surface area contributed by atoms with E-state index in [2.05, 4.69) is 18.4 Å². The van der Waals surface area contributed by atoms with Gasteiger partial charge in [-0.25, -0.2) is 0 Å². The Morgan fingerprint density at radius 3 is 1.92 bits per heavy atom. The maximum Gasteiger partial charge on any atom is 0.121 e. The third kappa shape index (κ3) is 3.40. The Hall–Kier alpha value is -1.26. The maximum absolute atomic E-state index is 10.6. The number of nitrogens with zero attached hydrogens (tertiary/aromatic N) is 1. The molecule has 0 saturated heterocycles. The van der Waals surface area contributed by atoms with Gasteiger partial charge in [-0.3, -0.25) is 0 Å². The molecule has 3 aromatic rings. The van der Waals surface area contributed by atoms with Crippen molar-refractivity contribution < 1.29 is 10.0 Å². The lowest BCUT2D eigenvalue weighted by molar-refractivity contribution is -0.899. The van der Waals surface area contributed by atoms with Crippen molar-refractivity contribution in [2.24, 2.45) is 0 Å². The Labute approximate surface area is 152 Å². The van der Waals surface area contributed by atoms with Crippen LogP contribution in [0.1, 0.15) is 13.8 Å². The molecule has 128 valence electrons. The van der Waals surface area contributed by atoms with Crippen molar-refractivity contribution in [3.63, 3.8) is 0 Å². The van der Waals surface area contributed by atoms with Crippen molar-refractivity contribution in [1.82, 2.24) is 4.57 Å². The van der Waals surface area contributed by atoms with Gasteiger partial charge in [0.1, 0.15) is 12.6 Å². The van der Waals surface area contributed by atoms with Crippen LogP contribution in [0.25, 0.3) is 21.8 Å². The molecule has 2 aromatic carbocycles. The zero-order chi connectivity index (χ0) is 17.3. The van der Waals surface area contributed by atoms with E-state index in [4.69, 9.17) is 23.2 Å². The second-order valence-electron chi connectivity index (χ2n) is 6.25. The van der Waals surface area contributed by atoms with Crippen molar-refractivity contribution in [2.75, 3.05) is 19.6 Å². The molecule has 0 aliphatic carbocycles. The first-order valence-electron chi connectivity index (χ1n) is 8.42. The van der Waals surface area contributed by atoms with Gasteiger partial charge in [0.2, 0.25) is 0 Å². The molecule has 0 amide bonds. The summed E-state index contributed by atoms with van der Waals surface area (Å²) in [6.45, 7) is 7.64. The van der Waals surface area contributed by atoms with Gasteiger partial charge < -0.3 is 14.6 Å². The number of quaternary nitrogens is 1. The number of halogens is 2. The first kappa shape index (κ1) is 17.6. The molecular weight excluding hydrogens is 343 g/mol. The van der Waals surface area contributed by atoms with E-state index in [0.717, 1.165) is 41.4 Å². The molecule has 0 unspecified atom stereocenters. The van der Waals surface area contributed by atoms with Crippen molar-refractivity contribution in [3.8, 4) is 0 Å². The summed E-state index contributed by atoms with van der Waals surface area (Å²) >= 11 is 12.4. The maximum atomic E-state index is 10.6. The fraction of sp³-hybridized carbons (Fsp3) is 0.368. The number of nitrogens with one attached hydrogen (secondary N) is 1. The summed E-state index contributed by atoms with van der Waals surface area (Å²) in [5.74, 6) is 0. The number of aromatic nitrogens is 1. The number of fused-ring (bicyclic) bond motifs is 3. The van der Waals surface area contributed by atoms with Gasteiger partial charge in [0, 0.05) is 31.9 Å². The summed E-state index contributed by atoms with van der Waals surface area (Å²) in [5, 5.41) is 14.1. The summed E-state index contributed by atoms with van der Waals surface area (Å²) in [6.07, 6.45) is -0.398. The average molecular weight is 366 g/mol. The predicted octanol–water partition coefficient (Wildman–Crippen LogP) is 3.39. The minimum absolute atomic E-state index is 0.398. The van der Waals surface area contributed by atoms with Gasteiger partial charge in [-0.05, 0) is 50.2 Å². The minimum atomic E-state index is -0.398. The van der Waals surface area contributed by atoms with E-state index in [1.54, 1.807) is 0 Å². The van der Waals surface area contributed by atoms with Crippen LogP contribution in [0.5, 0.6) is 0 Å². The highest BCUT2D eigenvalue weighted by Gasteiger charge is 2.17. The Kier molecular flexibility index (Phi) is 5.36. The Balaban J connectivity index is 2.05. The van der Waals surface area contributed by atoms with Gasteiger partial charge in [0.15, 0.2) is 0 Å². The first-order valence-corrected chi connectivity index (χ1v) is 9.17. The Morgan fingerprint density at radius 2 is 1.46 bits per heavy atom. The van der Waals surface area contributed by atoms with Gasteiger partial charge in [-0.15, -0.1) is 0 Å². The van der Waals surface area contributed by atoms with Crippen molar-refractivity contribution in [1.29, 1.82) is 0 Å². The minimum Gasteiger partial charge on any atom is -0.385 e. The van der Waals surface area contributed by atoms with Crippen LogP contribution in [0.15, 0.2) is 36.4 Å². The second kappa shape index (κ2) is 7.32. The molecule has 0 fully saturated rings. The lowest BCUT2D eigenvalue weighted by atomic mass is 10.1. The van der Waals surface area contributed by atoms with Gasteiger partial charge in [-0.1, -0.05) is 23.2 Å². The number of aliphatic hydroxyl groups is 1. The predicted molar refractivity (Wildman–Crippen MR) is 102 cm³/mol. The van der Waals surface area contributed by atoms with Gasteiger partial charge in [0.25, 0.3) is 0 Å². The van der Waals surface area contributed by atoms with E-state index in [-0.39, 0.29) is 0 Å². The van der Waals surface area contributed by atoms with E-state index in [0.29, 0.717) is 16.6 Å². The molecule has 24 heavy (non-hydrogen) atoms. The largest absolute Gasteiger partial charge is 0.385 e. The summed E-state index contributed by atoms with van der Waals surface area (Å²) in [7, 11) is 0. The number of benzene rings is 2. The fourth-order valence-corrected chi connectivity index (χ4v) is 3.74. The van der Waals surface area contributed by atoms with Crippen molar-refractivity contribution >= 4 is 45.0 Å². The first-order chi connectivity index (χ1) is 11.5. The Morgan fingerprint density at radius 1 is 0.958 bits per heavy atom. The molecule has 5 heteroatoms. The van der Waals surface area contributed by atoms with Crippen LogP contribution in [-0.4, -0.2) is 35.4 Å². The average Bonchev–Trinajstić information content (AvgIpc) is 2.85. The highest BCUT2D eigenvalue weighted by Crippen LogP contribution is 2.32. The van der Waals surface area contributed by atoms with Crippen molar-refractivity contribution in [2.45, 2.75) is 26.5 Å². The van der Waals surface area contributed by atoms with Crippen LogP contribution >= 0.6 is 23.2 Å². The smallest absolute Gasteiger partial charge is 0.121 e. The molecule has 3 nitrogen and oxygen atoms in total. The quantitative estimate of drug-likeness (QED) is 0.688. The SMILES string of the molecule is CC[NH+](CC)C[C@@H](O)Cn1c2ccc(Cl)cc2c2cc(Cl)ccc21. The summed E-state index contributed by atoms with van der Waals surface area (Å²) in [5.41, 5.74) is 2.15. The molecular formula is C19H23Cl2N2O+. The van der Waals surface area contributed by atoms with E-state index in [1.165, 1.54) is 4.90 Å². The molecule has 0 aliphatic rings. The normalized spacial score (nSPS) is 13.2. The summed E-state index contributed by atoms with van der Waals surface area (Å²) < 4.78 is 2.17. The lowest BCUT2D eigenvalue weighted by Gasteiger charge is -2.20. The van der Waals surface area contributed by atoms with Gasteiger partial charge in [-0.2, -0.15) is 0 Å². The van der Waals surface area contributed by atoms with Crippen LogP contribution < -0.4 is 4.90 Å². The van der Waals surface area contributed by atoms with E-state index in [1.807, 2.05) is 36.4 Å². The Bertz CT molecular complexity index is 796. The van der Waals surface area contributed by atoms with Gasteiger partial charge >= 0.3 is 0 Å². The molecule has 0 spiro atoms. The molecule has 0 aliphatic heterocycles. The molecule has 0 saturated carbocycles. The molecule has 3 rings (SSSR count). The van der Waals surface area contributed by atoms with Crippen molar-refractivity contribution in [3.05, 3.63) is 46.4 Å². The third-order valence-electron chi connectivity index (χ3n) is 4.71. The molecule has 1 heterocycles. The molecule has 1 aromatic heterocycles. The number of hydrogen-bond donors (Lipinski definition) is 2. The highest BCUT2D eigenvalue weighted by atomic mass is 35.5. The van der Waals surface area contributed by atoms with E-state index in [9.17, 15) is 5.11 Å². The zero-order valence-corrected chi connectivity index (χ0v) is 15.5. The van der Waals surface area contributed by atoms with E-state index < -0.39 is 6.10 Å². The topological polar surface area (TPSA) is 29.6 Å². The van der Waals surface area contributed by atoms with Crippen LogP contribution in [0.3, 0.4) is 0 Å². The number of aliphatic hydroxyl groups excluding tert-OH is 1. The van der Waals surface area contributed by atoms with Crippen LogP contribution in [0, 0.1) is 0 Å².